The Morgan fingerprint density at radius 3 is 2.50 bits per heavy atom. The maximum absolute atomic E-state index is 12.6. The van der Waals surface area contributed by atoms with E-state index in [4.69, 9.17) is 0 Å². The monoisotopic (exact) mass is 193 g/mol. The van der Waals surface area contributed by atoms with Crippen molar-refractivity contribution in [3.05, 3.63) is 47.8 Å². The molecule has 76 valence electrons. The largest absolute Gasteiger partial charge is 0.306 e. The van der Waals surface area contributed by atoms with Gasteiger partial charge in [-0.15, -0.1) is 0 Å². The lowest BCUT2D eigenvalue weighted by Gasteiger charge is -2.13. The van der Waals surface area contributed by atoms with Gasteiger partial charge in [0.2, 0.25) is 0 Å². The molecule has 14 heavy (non-hydrogen) atoms. The zero-order valence-corrected chi connectivity index (χ0v) is 8.68. The molecule has 0 fully saturated rings. The van der Waals surface area contributed by atoms with E-state index in [1.807, 2.05) is 6.92 Å². The van der Waals surface area contributed by atoms with Crippen molar-refractivity contribution in [3.8, 4) is 0 Å². The summed E-state index contributed by atoms with van der Waals surface area (Å²) in [6.45, 7) is 8.63. The topological polar surface area (TPSA) is 12.0 Å². The predicted molar refractivity (Wildman–Crippen MR) is 57.6 cm³/mol. The third kappa shape index (κ3) is 3.30. The van der Waals surface area contributed by atoms with Gasteiger partial charge in [-0.05, 0) is 31.5 Å². The van der Waals surface area contributed by atoms with E-state index < -0.39 is 0 Å². The van der Waals surface area contributed by atoms with Gasteiger partial charge in [0.1, 0.15) is 5.82 Å². The smallest absolute Gasteiger partial charge is 0.123 e. The van der Waals surface area contributed by atoms with Crippen molar-refractivity contribution in [2.45, 2.75) is 19.9 Å². The Morgan fingerprint density at radius 1 is 1.43 bits per heavy atom. The highest BCUT2D eigenvalue weighted by Gasteiger charge is 2.03. The number of nitrogens with one attached hydrogen (secondary N) is 1. The van der Waals surface area contributed by atoms with Gasteiger partial charge < -0.3 is 5.32 Å². The highest BCUT2D eigenvalue weighted by molar-refractivity contribution is 5.19. The molecule has 0 aromatic heterocycles. The summed E-state index contributed by atoms with van der Waals surface area (Å²) in [6, 6.07) is 6.78. The number of hydrogen-bond acceptors (Lipinski definition) is 1. The van der Waals surface area contributed by atoms with Gasteiger partial charge in [0.05, 0.1) is 0 Å². The van der Waals surface area contributed by atoms with Crippen LogP contribution in [0.15, 0.2) is 36.4 Å². The van der Waals surface area contributed by atoms with Crippen molar-refractivity contribution in [2.75, 3.05) is 6.54 Å². The molecule has 2 heteroatoms. The first-order valence-electron chi connectivity index (χ1n) is 4.73. The second-order valence-electron chi connectivity index (χ2n) is 3.61. The number of halogens is 1. The molecule has 1 N–H and O–H groups in total. The van der Waals surface area contributed by atoms with Crippen molar-refractivity contribution in [1.29, 1.82) is 0 Å². The van der Waals surface area contributed by atoms with Crippen molar-refractivity contribution in [3.63, 3.8) is 0 Å². The fraction of sp³-hybridized carbons (Fsp3) is 0.333. The van der Waals surface area contributed by atoms with E-state index in [1.54, 1.807) is 12.1 Å². The molecule has 0 aliphatic carbocycles. The van der Waals surface area contributed by atoms with Crippen LogP contribution in [0.25, 0.3) is 0 Å². The van der Waals surface area contributed by atoms with Gasteiger partial charge in [0.25, 0.3) is 0 Å². The molecule has 0 spiro atoms. The van der Waals surface area contributed by atoms with Gasteiger partial charge in [-0.25, -0.2) is 4.39 Å². The summed E-state index contributed by atoms with van der Waals surface area (Å²) in [5.74, 6) is -0.194. The van der Waals surface area contributed by atoms with E-state index >= 15 is 0 Å². The zero-order chi connectivity index (χ0) is 10.6. The lowest BCUT2D eigenvalue weighted by atomic mass is 10.1. The van der Waals surface area contributed by atoms with Crippen LogP contribution >= 0.6 is 0 Å². The Morgan fingerprint density at radius 2 is 2.00 bits per heavy atom. The molecule has 0 heterocycles. The minimum atomic E-state index is -0.194. The van der Waals surface area contributed by atoms with Crippen LogP contribution in [0.5, 0.6) is 0 Å². The molecule has 1 atom stereocenters. The molecule has 1 unspecified atom stereocenters. The van der Waals surface area contributed by atoms with E-state index in [-0.39, 0.29) is 11.9 Å². The van der Waals surface area contributed by atoms with Crippen LogP contribution in [0.4, 0.5) is 4.39 Å². The molecule has 0 bridgehead atoms. The summed E-state index contributed by atoms with van der Waals surface area (Å²) >= 11 is 0. The second kappa shape index (κ2) is 4.91. The fourth-order valence-corrected chi connectivity index (χ4v) is 1.20. The zero-order valence-electron chi connectivity index (χ0n) is 8.68. The average molecular weight is 193 g/mol. The van der Waals surface area contributed by atoms with Gasteiger partial charge in [-0.3, -0.25) is 0 Å². The van der Waals surface area contributed by atoms with Crippen LogP contribution in [0.2, 0.25) is 0 Å². The summed E-state index contributed by atoms with van der Waals surface area (Å²) in [5.41, 5.74) is 2.19. The van der Waals surface area contributed by atoms with Gasteiger partial charge in [0, 0.05) is 12.6 Å². The lowest BCUT2D eigenvalue weighted by Crippen LogP contribution is -2.20. The number of benzene rings is 1. The summed E-state index contributed by atoms with van der Waals surface area (Å²) in [5, 5.41) is 3.30. The molecular formula is C12H16FN. The van der Waals surface area contributed by atoms with Crippen LogP contribution in [0.1, 0.15) is 25.5 Å². The molecule has 1 aromatic rings. The van der Waals surface area contributed by atoms with Crippen LogP contribution < -0.4 is 5.32 Å². The Bertz CT molecular complexity index is 303. The highest BCUT2D eigenvalue weighted by Crippen LogP contribution is 2.12. The Labute approximate surface area is 84.6 Å². The summed E-state index contributed by atoms with van der Waals surface area (Å²) < 4.78 is 12.6. The van der Waals surface area contributed by atoms with Gasteiger partial charge in [-0.1, -0.05) is 24.3 Å². The average Bonchev–Trinajstić information content (AvgIpc) is 2.15. The summed E-state index contributed by atoms with van der Waals surface area (Å²) in [6.07, 6.45) is 0. The van der Waals surface area contributed by atoms with E-state index in [0.29, 0.717) is 0 Å². The molecule has 1 nitrogen and oxygen atoms in total. The van der Waals surface area contributed by atoms with Crippen molar-refractivity contribution in [2.24, 2.45) is 0 Å². The van der Waals surface area contributed by atoms with Crippen LogP contribution in [0, 0.1) is 5.82 Å². The van der Waals surface area contributed by atoms with Crippen molar-refractivity contribution < 1.29 is 4.39 Å². The minimum Gasteiger partial charge on any atom is -0.306 e. The predicted octanol–water partition coefficient (Wildman–Crippen LogP) is 3.05. The van der Waals surface area contributed by atoms with Crippen LogP contribution in [0.3, 0.4) is 0 Å². The van der Waals surface area contributed by atoms with Gasteiger partial charge in [0.15, 0.2) is 0 Å². The maximum atomic E-state index is 12.6. The first-order chi connectivity index (χ1) is 6.59. The third-order valence-corrected chi connectivity index (χ3v) is 2.08. The highest BCUT2D eigenvalue weighted by atomic mass is 19.1. The van der Waals surface area contributed by atoms with E-state index in [1.165, 1.54) is 12.1 Å². The first-order valence-corrected chi connectivity index (χ1v) is 4.73. The maximum Gasteiger partial charge on any atom is 0.123 e. The van der Waals surface area contributed by atoms with Crippen LogP contribution in [-0.4, -0.2) is 6.54 Å². The SMILES string of the molecule is C=C(C)CNC(C)c1ccc(F)cc1. The van der Waals surface area contributed by atoms with E-state index in [2.05, 4.69) is 18.8 Å². The molecular weight excluding hydrogens is 177 g/mol. The lowest BCUT2D eigenvalue weighted by molar-refractivity contribution is 0.599. The van der Waals surface area contributed by atoms with Crippen molar-refractivity contribution in [1.82, 2.24) is 5.32 Å². The van der Waals surface area contributed by atoms with E-state index in [9.17, 15) is 4.39 Å². The summed E-state index contributed by atoms with van der Waals surface area (Å²) in [7, 11) is 0. The fourth-order valence-electron chi connectivity index (χ4n) is 1.20. The Balaban J connectivity index is 2.56. The molecule has 0 amide bonds. The second-order valence-corrected chi connectivity index (χ2v) is 3.61. The Kier molecular flexibility index (Phi) is 3.84. The minimum absolute atomic E-state index is 0.194. The van der Waals surface area contributed by atoms with Crippen molar-refractivity contribution >= 4 is 0 Å². The molecule has 0 saturated heterocycles. The number of hydrogen-bond donors (Lipinski definition) is 1. The molecule has 0 aliphatic rings. The molecule has 0 saturated carbocycles. The van der Waals surface area contributed by atoms with Crippen LogP contribution in [-0.2, 0) is 0 Å². The molecule has 1 rings (SSSR count). The molecule has 0 radical (unpaired) electrons. The van der Waals surface area contributed by atoms with E-state index in [0.717, 1.165) is 17.7 Å². The quantitative estimate of drug-likeness (QED) is 0.725. The normalized spacial score (nSPS) is 12.5. The number of rotatable bonds is 4. The van der Waals surface area contributed by atoms with Gasteiger partial charge >= 0.3 is 0 Å². The third-order valence-electron chi connectivity index (χ3n) is 2.08. The Hall–Kier alpha value is -1.15. The molecule has 1 aromatic carbocycles. The molecule has 0 aliphatic heterocycles. The first kappa shape index (κ1) is 10.9. The summed E-state index contributed by atoms with van der Waals surface area (Å²) in [4.78, 5) is 0. The standard InChI is InChI=1S/C12H16FN/c1-9(2)8-14-10(3)11-4-6-12(13)7-5-11/h4-7,10,14H,1,8H2,2-3H3. The van der Waals surface area contributed by atoms with Gasteiger partial charge in [-0.2, -0.15) is 0 Å².